The van der Waals surface area contributed by atoms with Crippen molar-refractivity contribution in [1.82, 2.24) is 4.98 Å². The Kier molecular flexibility index (Phi) is 5.01. The standard InChI is InChI=1S/C19H22F2N2O2S/c1-14-6-7-17(13-22-14)23-10-8-15(9-11-23)19(2,21)26(24,25)18-5-3-4-16(20)12-18/h3-7,12-13,15H,8-11H2,1-2H3. The summed E-state index contributed by atoms with van der Waals surface area (Å²) >= 11 is 0. The molecule has 1 aliphatic heterocycles. The highest BCUT2D eigenvalue weighted by atomic mass is 32.2. The fourth-order valence-electron chi connectivity index (χ4n) is 3.38. The van der Waals surface area contributed by atoms with Crippen LogP contribution in [0.2, 0.25) is 0 Å². The van der Waals surface area contributed by atoms with Gasteiger partial charge in [0.05, 0.1) is 16.8 Å². The van der Waals surface area contributed by atoms with Gasteiger partial charge in [0, 0.05) is 24.7 Å². The van der Waals surface area contributed by atoms with Crippen LogP contribution in [-0.2, 0) is 9.84 Å². The number of sulfone groups is 1. The van der Waals surface area contributed by atoms with Crippen LogP contribution in [0.5, 0.6) is 0 Å². The number of hydrogen-bond donors (Lipinski definition) is 0. The second kappa shape index (κ2) is 6.95. The average Bonchev–Trinajstić information content (AvgIpc) is 2.62. The van der Waals surface area contributed by atoms with Gasteiger partial charge >= 0.3 is 0 Å². The molecule has 1 saturated heterocycles. The summed E-state index contributed by atoms with van der Waals surface area (Å²) in [6.07, 6.45) is 2.57. The number of halogens is 2. The lowest BCUT2D eigenvalue weighted by atomic mass is 9.92. The molecule has 0 spiro atoms. The van der Waals surface area contributed by atoms with Crippen molar-refractivity contribution >= 4 is 15.5 Å². The van der Waals surface area contributed by atoms with Crippen molar-refractivity contribution in [1.29, 1.82) is 0 Å². The number of pyridine rings is 1. The van der Waals surface area contributed by atoms with Crippen molar-refractivity contribution in [2.75, 3.05) is 18.0 Å². The van der Waals surface area contributed by atoms with Gasteiger partial charge in [-0.05, 0) is 57.0 Å². The van der Waals surface area contributed by atoms with Crippen molar-refractivity contribution in [3.05, 3.63) is 54.1 Å². The summed E-state index contributed by atoms with van der Waals surface area (Å²) in [5.41, 5.74) is 1.86. The molecule has 1 aromatic carbocycles. The lowest BCUT2D eigenvalue weighted by Crippen LogP contribution is -2.45. The van der Waals surface area contributed by atoms with Crippen LogP contribution < -0.4 is 4.90 Å². The highest BCUT2D eigenvalue weighted by Gasteiger charge is 2.48. The van der Waals surface area contributed by atoms with E-state index in [1.54, 1.807) is 6.20 Å². The first-order chi connectivity index (χ1) is 12.2. The van der Waals surface area contributed by atoms with Gasteiger partial charge in [-0.1, -0.05) is 6.07 Å². The van der Waals surface area contributed by atoms with Gasteiger partial charge in [0.15, 0.2) is 0 Å². The fourth-order valence-corrected chi connectivity index (χ4v) is 5.05. The molecule has 4 nitrogen and oxygen atoms in total. The zero-order valence-electron chi connectivity index (χ0n) is 14.8. The third kappa shape index (κ3) is 3.45. The Labute approximate surface area is 152 Å². The number of benzene rings is 1. The Hall–Kier alpha value is -2.02. The van der Waals surface area contributed by atoms with Crippen molar-refractivity contribution in [2.45, 2.75) is 36.6 Å². The van der Waals surface area contributed by atoms with Gasteiger partial charge in [-0.3, -0.25) is 4.98 Å². The third-order valence-corrected chi connectivity index (χ3v) is 7.38. The van der Waals surface area contributed by atoms with Gasteiger partial charge in [0.2, 0.25) is 14.8 Å². The largest absolute Gasteiger partial charge is 0.370 e. The highest BCUT2D eigenvalue weighted by Crippen LogP contribution is 2.40. The molecular weight excluding hydrogens is 358 g/mol. The highest BCUT2D eigenvalue weighted by molar-refractivity contribution is 7.92. The van der Waals surface area contributed by atoms with Crippen LogP contribution in [0, 0.1) is 18.7 Å². The zero-order valence-corrected chi connectivity index (χ0v) is 15.6. The summed E-state index contributed by atoms with van der Waals surface area (Å²) in [4.78, 5) is 6.03. The SMILES string of the molecule is Cc1ccc(N2CCC(C(C)(F)S(=O)(=O)c3cccc(F)c3)CC2)cn1. The number of piperidine rings is 1. The summed E-state index contributed by atoms with van der Waals surface area (Å²) < 4.78 is 54.3. The first-order valence-corrected chi connectivity index (χ1v) is 10.1. The molecule has 2 heterocycles. The van der Waals surface area contributed by atoms with E-state index >= 15 is 4.39 Å². The molecular formula is C19H22F2N2O2S. The maximum Gasteiger partial charge on any atom is 0.215 e. The van der Waals surface area contributed by atoms with Crippen LogP contribution in [0.15, 0.2) is 47.5 Å². The van der Waals surface area contributed by atoms with Crippen molar-refractivity contribution in [3.63, 3.8) is 0 Å². The van der Waals surface area contributed by atoms with E-state index in [1.165, 1.54) is 12.1 Å². The number of alkyl halides is 1. The van der Waals surface area contributed by atoms with Gasteiger partial charge < -0.3 is 4.90 Å². The van der Waals surface area contributed by atoms with Gasteiger partial charge in [-0.2, -0.15) is 0 Å². The molecule has 140 valence electrons. The fraction of sp³-hybridized carbons (Fsp3) is 0.421. The summed E-state index contributed by atoms with van der Waals surface area (Å²) in [5, 5.41) is -2.45. The maximum atomic E-state index is 15.4. The lowest BCUT2D eigenvalue weighted by Gasteiger charge is -2.38. The second-order valence-electron chi connectivity index (χ2n) is 6.87. The molecule has 7 heteroatoms. The number of anilines is 1. The molecule has 1 fully saturated rings. The Balaban J connectivity index is 1.76. The summed E-state index contributed by atoms with van der Waals surface area (Å²) in [5.74, 6) is -1.34. The minimum Gasteiger partial charge on any atom is -0.370 e. The van der Waals surface area contributed by atoms with Gasteiger partial charge in [0.1, 0.15) is 5.82 Å². The third-order valence-electron chi connectivity index (χ3n) is 5.12. The van der Waals surface area contributed by atoms with E-state index in [9.17, 15) is 12.8 Å². The van der Waals surface area contributed by atoms with E-state index < -0.39 is 26.6 Å². The smallest absolute Gasteiger partial charge is 0.215 e. The zero-order chi connectivity index (χ0) is 18.9. The van der Waals surface area contributed by atoms with Crippen LogP contribution >= 0.6 is 0 Å². The lowest BCUT2D eigenvalue weighted by molar-refractivity contribution is 0.166. The average molecular weight is 380 g/mol. The predicted molar refractivity (Wildman–Crippen MR) is 97.0 cm³/mol. The quantitative estimate of drug-likeness (QED) is 0.807. The van der Waals surface area contributed by atoms with Crippen LogP contribution in [0.3, 0.4) is 0 Å². The van der Waals surface area contributed by atoms with Gasteiger partial charge in [0.25, 0.3) is 0 Å². The molecule has 0 N–H and O–H groups in total. The van der Waals surface area contributed by atoms with Crippen LogP contribution in [0.4, 0.5) is 14.5 Å². The summed E-state index contributed by atoms with van der Waals surface area (Å²) in [6, 6.07) is 8.41. The Bertz CT molecular complexity index is 875. The van der Waals surface area contributed by atoms with E-state index in [2.05, 4.69) is 9.88 Å². The number of aromatic nitrogens is 1. The first kappa shape index (κ1) is 18.8. The van der Waals surface area contributed by atoms with Crippen LogP contribution in [0.25, 0.3) is 0 Å². The minimum absolute atomic E-state index is 0.312. The van der Waals surface area contributed by atoms with E-state index in [-0.39, 0.29) is 4.90 Å². The number of hydrogen-bond acceptors (Lipinski definition) is 4. The molecule has 3 rings (SSSR count). The van der Waals surface area contributed by atoms with Crippen molar-refractivity contribution < 1.29 is 17.2 Å². The topological polar surface area (TPSA) is 50.3 Å². The molecule has 0 amide bonds. The van der Waals surface area contributed by atoms with Crippen molar-refractivity contribution in [2.24, 2.45) is 5.92 Å². The molecule has 0 radical (unpaired) electrons. The molecule has 1 unspecified atom stereocenters. The van der Waals surface area contributed by atoms with Gasteiger partial charge in [-0.25, -0.2) is 17.2 Å². The molecule has 0 aliphatic carbocycles. The molecule has 1 aromatic heterocycles. The first-order valence-electron chi connectivity index (χ1n) is 8.58. The number of aryl methyl sites for hydroxylation is 1. The Morgan fingerprint density at radius 3 is 2.46 bits per heavy atom. The van der Waals surface area contributed by atoms with E-state index in [0.717, 1.165) is 30.4 Å². The van der Waals surface area contributed by atoms with E-state index in [4.69, 9.17) is 0 Å². The molecule has 2 aromatic rings. The van der Waals surface area contributed by atoms with Crippen LogP contribution in [0.1, 0.15) is 25.5 Å². The monoisotopic (exact) mass is 380 g/mol. The normalized spacial score (nSPS) is 18.5. The second-order valence-corrected chi connectivity index (χ2v) is 9.14. The Morgan fingerprint density at radius 2 is 1.88 bits per heavy atom. The maximum absolute atomic E-state index is 15.4. The minimum atomic E-state index is -4.29. The number of rotatable bonds is 4. The van der Waals surface area contributed by atoms with E-state index in [0.29, 0.717) is 25.9 Å². The van der Waals surface area contributed by atoms with Crippen LogP contribution in [-0.4, -0.2) is 31.5 Å². The Morgan fingerprint density at radius 1 is 1.19 bits per heavy atom. The van der Waals surface area contributed by atoms with Crippen molar-refractivity contribution in [3.8, 4) is 0 Å². The molecule has 1 aliphatic rings. The van der Waals surface area contributed by atoms with Gasteiger partial charge in [-0.15, -0.1) is 0 Å². The summed E-state index contributed by atoms with van der Waals surface area (Å²) in [7, 11) is -4.29. The molecule has 1 atom stereocenters. The molecule has 26 heavy (non-hydrogen) atoms. The molecule has 0 bridgehead atoms. The summed E-state index contributed by atoms with van der Waals surface area (Å²) in [6.45, 7) is 4.10. The van der Waals surface area contributed by atoms with E-state index in [1.807, 2.05) is 19.1 Å². The predicted octanol–water partition coefficient (Wildman–Crippen LogP) is 3.91. The number of nitrogens with zero attached hydrogens (tertiary/aromatic N) is 2. The molecule has 0 saturated carbocycles.